The molecule has 1 heterocycles. The van der Waals surface area contributed by atoms with Crippen LogP contribution < -0.4 is 4.90 Å². The van der Waals surface area contributed by atoms with Crippen LogP contribution in [0.25, 0.3) is 0 Å². The number of nitriles is 1. The molecular formula is C12H16N4O3. The first kappa shape index (κ1) is 14.9. The second-order valence-electron chi connectivity index (χ2n) is 3.57. The Bertz CT molecular complexity index is 459. The van der Waals surface area contributed by atoms with Crippen LogP contribution in [0.3, 0.4) is 0 Å². The van der Waals surface area contributed by atoms with Gasteiger partial charge in [-0.1, -0.05) is 0 Å². The van der Waals surface area contributed by atoms with E-state index >= 15 is 0 Å². The van der Waals surface area contributed by atoms with Gasteiger partial charge in [0.15, 0.2) is 0 Å². The molecule has 0 unspecified atom stereocenters. The number of nitrogens with zero attached hydrogens (tertiary/aromatic N) is 4. The maximum absolute atomic E-state index is 11.5. The predicted molar refractivity (Wildman–Crippen MR) is 67.5 cm³/mol. The maximum atomic E-state index is 11.5. The van der Waals surface area contributed by atoms with Gasteiger partial charge in [0.05, 0.1) is 13.2 Å². The summed E-state index contributed by atoms with van der Waals surface area (Å²) in [6.07, 6.45) is 1.48. The molecule has 1 rings (SSSR count). The molecule has 7 nitrogen and oxygen atoms in total. The molecule has 1 aromatic heterocycles. The zero-order valence-corrected chi connectivity index (χ0v) is 11.0. The lowest BCUT2D eigenvalue weighted by Gasteiger charge is -2.20. The number of carbonyl (C=O) groups excluding carboxylic acids is 1. The van der Waals surface area contributed by atoms with E-state index < -0.39 is 0 Å². The first-order valence-corrected chi connectivity index (χ1v) is 5.84. The van der Waals surface area contributed by atoms with Gasteiger partial charge in [-0.25, -0.2) is 9.97 Å². The van der Waals surface area contributed by atoms with Gasteiger partial charge in [-0.05, 0) is 13.0 Å². The first-order valence-electron chi connectivity index (χ1n) is 5.84. The molecule has 0 aliphatic carbocycles. The van der Waals surface area contributed by atoms with E-state index in [1.807, 2.05) is 6.07 Å². The van der Waals surface area contributed by atoms with Crippen molar-refractivity contribution in [1.29, 1.82) is 5.26 Å². The number of aromatic nitrogens is 2. The summed E-state index contributed by atoms with van der Waals surface area (Å²) in [4.78, 5) is 21.2. The second-order valence-corrected chi connectivity index (χ2v) is 3.57. The zero-order valence-electron chi connectivity index (χ0n) is 11.0. The van der Waals surface area contributed by atoms with E-state index in [4.69, 9.17) is 14.7 Å². The highest BCUT2D eigenvalue weighted by Crippen LogP contribution is 2.07. The van der Waals surface area contributed by atoms with Gasteiger partial charge in [-0.15, -0.1) is 0 Å². The normalized spacial score (nSPS) is 9.74. The molecule has 0 amide bonds. The highest BCUT2D eigenvalue weighted by molar-refractivity contribution is 5.74. The fourth-order valence-corrected chi connectivity index (χ4v) is 1.38. The minimum absolute atomic E-state index is 0.0199. The molecule has 0 radical (unpaired) electrons. The summed E-state index contributed by atoms with van der Waals surface area (Å²) in [7, 11) is 1.56. The largest absolute Gasteiger partial charge is 0.465 e. The third kappa shape index (κ3) is 4.89. The number of rotatable bonds is 7. The Morgan fingerprint density at radius 2 is 2.37 bits per heavy atom. The van der Waals surface area contributed by atoms with Crippen molar-refractivity contribution in [2.45, 2.75) is 6.92 Å². The molecule has 0 saturated carbocycles. The molecule has 0 spiro atoms. The van der Waals surface area contributed by atoms with Crippen molar-refractivity contribution >= 4 is 11.9 Å². The average molecular weight is 264 g/mol. The van der Waals surface area contributed by atoms with E-state index in [2.05, 4.69) is 9.97 Å². The van der Waals surface area contributed by atoms with Crippen molar-refractivity contribution in [3.05, 3.63) is 18.0 Å². The Balaban J connectivity index is 2.82. The van der Waals surface area contributed by atoms with E-state index in [0.29, 0.717) is 25.7 Å². The van der Waals surface area contributed by atoms with Crippen molar-refractivity contribution in [1.82, 2.24) is 9.97 Å². The Hall–Kier alpha value is -2.20. The molecule has 0 fully saturated rings. The van der Waals surface area contributed by atoms with E-state index in [-0.39, 0.29) is 18.2 Å². The molecule has 0 saturated heterocycles. The van der Waals surface area contributed by atoms with Gasteiger partial charge in [0.25, 0.3) is 0 Å². The standard InChI is InChI=1S/C12H16N4O3/c1-3-19-11(17)9-16(6-7-18-2)12-14-5-4-10(8-13)15-12/h4-5H,3,6-7,9H2,1-2H3. The lowest BCUT2D eigenvalue weighted by Crippen LogP contribution is -2.35. The number of carbonyl (C=O) groups is 1. The molecule has 0 atom stereocenters. The van der Waals surface area contributed by atoms with Crippen molar-refractivity contribution in [3.63, 3.8) is 0 Å². The van der Waals surface area contributed by atoms with E-state index in [1.54, 1.807) is 18.9 Å². The Kier molecular flexibility index (Phi) is 6.26. The SMILES string of the molecule is CCOC(=O)CN(CCOC)c1nccc(C#N)n1. The molecule has 1 aromatic rings. The van der Waals surface area contributed by atoms with Crippen molar-refractivity contribution in [3.8, 4) is 6.07 Å². The van der Waals surface area contributed by atoms with Crippen LogP contribution in [-0.4, -0.2) is 49.4 Å². The monoisotopic (exact) mass is 264 g/mol. The predicted octanol–water partition coefficient (Wildman–Crippen LogP) is 0.364. The van der Waals surface area contributed by atoms with Crippen LogP contribution in [0.15, 0.2) is 12.3 Å². The van der Waals surface area contributed by atoms with Crippen molar-refractivity contribution in [2.24, 2.45) is 0 Å². The smallest absolute Gasteiger partial charge is 0.325 e. The molecule has 7 heteroatoms. The number of esters is 1. The third-order valence-corrected chi connectivity index (χ3v) is 2.23. The van der Waals surface area contributed by atoms with Crippen LogP contribution in [0.4, 0.5) is 5.95 Å². The van der Waals surface area contributed by atoms with Crippen LogP contribution in [0, 0.1) is 11.3 Å². The van der Waals surface area contributed by atoms with Gasteiger partial charge in [-0.3, -0.25) is 4.79 Å². The number of hydrogen-bond donors (Lipinski definition) is 0. The highest BCUT2D eigenvalue weighted by Gasteiger charge is 2.15. The lowest BCUT2D eigenvalue weighted by molar-refractivity contribution is -0.141. The molecule has 0 aliphatic heterocycles. The molecule has 0 N–H and O–H groups in total. The van der Waals surface area contributed by atoms with Crippen LogP contribution >= 0.6 is 0 Å². The molecule has 19 heavy (non-hydrogen) atoms. The molecule has 0 aromatic carbocycles. The van der Waals surface area contributed by atoms with Crippen LogP contribution in [0.1, 0.15) is 12.6 Å². The van der Waals surface area contributed by atoms with E-state index in [0.717, 1.165) is 0 Å². The van der Waals surface area contributed by atoms with E-state index in [9.17, 15) is 4.79 Å². The first-order chi connectivity index (χ1) is 9.21. The van der Waals surface area contributed by atoms with Gasteiger partial charge in [0, 0.05) is 19.9 Å². The van der Waals surface area contributed by atoms with Crippen LogP contribution in [-0.2, 0) is 14.3 Å². The summed E-state index contributed by atoms with van der Waals surface area (Å²) in [5.74, 6) is -0.0614. The highest BCUT2D eigenvalue weighted by atomic mass is 16.5. The van der Waals surface area contributed by atoms with Crippen LogP contribution in [0.2, 0.25) is 0 Å². The third-order valence-electron chi connectivity index (χ3n) is 2.23. The average Bonchev–Trinajstić information content (AvgIpc) is 2.43. The summed E-state index contributed by atoms with van der Waals surface area (Å²) >= 11 is 0. The lowest BCUT2D eigenvalue weighted by atomic mass is 10.4. The summed E-state index contributed by atoms with van der Waals surface area (Å²) in [6, 6.07) is 3.43. The topological polar surface area (TPSA) is 88.3 Å². The molecule has 0 aliphatic rings. The van der Waals surface area contributed by atoms with Gasteiger partial charge in [0.1, 0.15) is 18.3 Å². The fraction of sp³-hybridized carbons (Fsp3) is 0.500. The van der Waals surface area contributed by atoms with Crippen molar-refractivity contribution in [2.75, 3.05) is 38.3 Å². The number of anilines is 1. The maximum Gasteiger partial charge on any atom is 0.325 e. The molecule has 0 bridgehead atoms. The second kappa shape index (κ2) is 8.00. The quantitative estimate of drug-likeness (QED) is 0.657. The number of methoxy groups -OCH3 is 1. The Morgan fingerprint density at radius 3 is 3.00 bits per heavy atom. The van der Waals surface area contributed by atoms with Crippen LogP contribution in [0.5, 0.6) is 0 Å². The van der Waals surface area contributed by atoms with Gasteiger partial charge < -0.3 is 14.4 Å². The van der Waals surface area contributed by atoms with E-state index in [1.165, 1.54) is 12.3 Å². The van der Waals surface area contributed by atoms with Gasteiger partial charge in [-0.2, -0.15) is 5.26 Å². The van der Waals surface area contributed by atoms with Gasteiger partial charge >= 0.3 is 5.97 Å². The minimum Gasteiger partial charge on any atom is -0.465 e. The molecule has 102 valence electrons. The van der Waals surface area contributed by atoms with Crippen molar-refractivity contribution < 1.29 is 14.3 Å². The zero-order chi connectivity index (χ0) is 14.1. The summed E-state index contributed by atoms with van der Waals surface area (Å²) in [5, 5.41) is 8.81. The number of ether oxygens (including phenoxy) is 2. The summed E-state index contributed by atoms with van der Waals surface area (Å²) in [6.45, 7) is 2.93. The van der Waals surface area contributed by atoms with Gasteiger partial charge in [0.2, 0.25) is 5.95 Å². The summed E-state index contributed by atoms with van der Waals surface area (Å²) < 4.78 is 9.87. The Morgan fingerprint density at radius 1 is 1.58 bits per heavy atom. The molecular weight excluding hydrogens is 248 g/mol. The number of hydrogen-bond acceptors (Lipinski definition) is 7. The summed E-state index contributed by atoms with van der Waals surface area (Å²) in [5.41, 5.74) is 0.247. The Labute approximate surface area is 111 Å². The fourth-order valence-electron chi connectivity index (χ4n) is 1.38. The minimum atomic E-state index is -0.371.